The van der Waals surface area contributed by atoms with Gasteiger partial charge in [-0.05, 0) is 15.9 Å². The quantitative estimate of drug-likeness (QED) is 0.498. The molecule has 0 spiro atoms. The molecule has 1 aliphatic rings. The van der Waals surface area contributed by atoms with Crippen LogP contribution >= 0.6 is 15.9 Å². The molecule has 1 atom stereocenters. The Bertz CT molecular complexity index is 530. The maximum absolute atomic E-state index is 11.0. The van der Waals surface area contributed by atoms with Gasteiger partial charge in [0.25, 0.3) is 5.69 Å². The molecule has 1 aromatic carbocycles. The van der Waals surface area contributed by atoms with E-state index in [9.17, 15) is 15.2 Å². The van der Waals surface area contributed by atoms with Gasteiger partial charge in [-0.2, -0.15) is 0 Å². The van der Waals surface area contributed by atoms with Crippen LogP contribution < -0.4 is 5.32 Å². The molecule has 1 heterocycles. The van der Waals surface area contributed by atoms with Crippen LogP contribution in [0.4, 0.5) is 5.69 Å². The smallest absolute Gasteiger partial charge is 0.271 e. The first-order valence-electron chi connectivity index (χ1n) is 6.28. The number of phenols is 1. The molecule has 0 unspecified atom stereocenters. The van der Waals surface area contributed by atoms with Crippen molar-refractivity contribution in [1.82, 2.24) is 10.2 Å². The first-order chi connectivity index (χ1) is 9.54. The molecule has 1 saturated heterocycles. The van der Waals surface area contributed by atoms with E-state index in [-0.39, 0.29) is 17.5 Å². The van der Waals surface area contributed by atoms with Crippen LogP contribution in [-0.4, -0.2) is 41.1 Å². The highest BCUT2D eigenvalue weighted by atomic mass is 79.9. The fraction of sp³-hybridized carbons (Fsp3) is 0.385. The summed E-state index contributed by atoms with van der Waals surface area (Å²) in [5.41, 5.74) is 0.453. The summed E-state index contributed by atoms with van der Waals surface area (Å²) in [4.78, 5) is 12.6. The van der Waals surface area contributed by atoms with Gasteiger partial charge in [-0.1, -0.05) is 6.08 Å². The molecular weight excluding hydrogens is 326 g/mol. The third kappa shape index (κ3) is 3.00. The third-order valence-electron chi connectivity index (χ3n) is 3.38. The number of nitro groups is 1. The van der Waals surface area contributed by atoms with Crippen molar-refractivity contribution in [2.75, 3.05) is 26.2 Å². The van der Waals surface area contributed by atoms with Gasteiger partial charge in [0.2, 0.25) is 0 Å². The summed E-state index contributed by atoms with van der Waals surface area (Å²) >= 11 is 3.17. The summed E-state index contributed by atoms with van der Waals surface area (Å²) in [6.45, 7) is 7.10. The van der Waals surface area contributed by atoms with Crippen molar-refractivity contribution in [1.29, 1.82) is 0 Å². The van der Waals surface area contributed by atoms with Gasteiger partial charge in [-0.25, -0.2) is 0 Å². The molecule has 0 saturated carbocycles. The van der Waals surface area contributed by atoms with Crippen LogP contribution in [0.2, 0.25) is 0 Å². The van der Waals surface area contributed by atoms with Crippen LogP contribution in [0.15, 0.2) is 29.3 Å². The topological polar surface area (TPSA) is 78.6 Å². The average molecular weight is 342 g/mol. The minimum absolute atomic E-state index is 0.0269. The molecule has 0 aromatic heterocycles. The van der Waals surface area contributed by atoms with E-state index in [4.69, 9.17) is 0 Å². The van der Waals surface area contributed by atoms with Crippen molar-refractivity contribution < 1.29 is 10.0 Å². The van der Waals surface area contributed by atoms with Crippen LogP contribution in [-0.2, 0) is 0 Å². The number of benzene rings is 1. The Kier molecular flexibility index (Phi) is 4.74. The highest BCUT2D eigenvalue weighted by Gasteiger charge is 2.25. The number of non-ortho nitro benzene ring substituents is 1. The summed E-state index contributed by atoms with van der Waals surface area (Å²) in [5, 5.41) is 24.4. The minimum atomic E-state index is -0.467. The van der Waals surface area contributed by atoms with Gasteiger partial charge in [0, 0.05) is 43.9 Å². The standard InChI is InChI=1S/C13H16BrN3O3/c1-2-12(16-5-3-15-4-6-16)10-7-9(17(19)20)8-11(14)13(10)18/h2,7-8,12,15,18H,1,3-6H2/t12-/m0/s1. The Balaban J connectivity index is 2.42. The summed E-state index contributed by atoms with van der Waals surface area (Å²) in [5.74, 6) is 0.0269. The zero-order valence-electron chi connectivity index (χ0n) is 10.9. The normalized spacial score (nSPS) is 17.6. The zero-order chi connectivity index (χ0) is 14.7. The second-order valence-electron chi connectivity index (χ2n) is 4.59. The fourth-order valence-corrected chi connectivity index (χ4v) is 2.83. The molecule has 1 fully saturated rings. The number of aromatic hydroxyl groups is 1. The van der Waals surface area contributed by atoms with Crippen LogP contribution in [0.1, 0.15) is 11.6 Å². The van der Waals surface area contributed by atoms with Crippen molar-refractivity contribution in [3.63, 3.8) is 0 Å². The van der Waals surface area contributed by atoms with Crippen molar-refractivity contribution in [2.45, 2.75) is 6.04 Å². The van der Waals surface area contributed by atoms with Crippen molar-refractivity contribution in [3.05, 3.63) is 44.9 Å². The van der Waals surface area contributed by atoms with Gasteiger partial charge in [-0.15, -0.1) is 6.58 Å². The molecule has 1 aromatic rings. The number of rotatable bonds is 4. The highest BCUT2D eigenvalue weighted by molar-refractivity contribution is 9.10. The number of nitro benzene ring substituents is 1. The Morgan fingerprint density at radius 3 is 2.70 bits per heavy atom. The summed E-state index contributed by atoms with van der Waals surface area (Å²) in [7, 11) is 0. The van der Waals surface area contributed by atoms with E-state index in [1.54, 1.807) is 6.08 Å². The van der Waals surface area contributed by atoms with E-state index < -0.39 is 4.92 Å². The number of halogens is 1. The second kappa shape index (κ2) is 6.34. The van der Waals surface area contributed by atoms with E-state index in [2.05, 4.69) is 32.7 Å². The Labute approximate surface area is 125 Å². The van der Waals surface area contributed by atoms with Crippen LogP contribution in [0.25, 0.3) is 0 Å². The Morgan fingerprint density at radius 1 is 1.50 bits per heavy atom. The molecule has 6 nitrogen and oxygen atoms in total. The number of nitrogens with one attached hydrogen (secondary N) is 1. The predicted molar refractivity (Wildman–Crippen MR) is 79.8 cm³/mol. The lowest BCUT2D eigenvalue weighted by atomic mass is 10.0. The van der Waals surface area contributed by atoms with Gasteiger partial charge in [-0.3, -0.25) is 15.0 Å². The number of hydrogen-bond donors (Lipinski definition) is 2. The number of nitrogens with zero attached hydrogens (tertiary/aromatic N) is 2. The molecular formula is C13H16BrN3O3. The van der Waals surface area contributed by atoms with Crippen LogP contribution in [0.3, 0.4) is 0 Å². The van der Waals surface area contributed by atoms with Gasteiger partial charge in [0.05, 0.1) is 15.4 Å². The van der Waals surface area contributed by atoms with Crippen molar-refractivity contribution in [3.8, 4) is 5.75 Å². The molecule has 1 aliphatic heterocycles. The molecule has 0 radical (unpaired) electrons. The molecule has 108 valence electrons. The highest BCUT2D eigenvalue weighted by Crippen LogP contribution is 2.38. The van der Waals surface area contributed by atoms with Crippen molar-refractivity contribution in [2.24, 2.45) is 0 Å². The molecule has 0 aliphatic carbocycles. The molecule has 2 N–H and O–H groups in total. The van der Waals surface area contributed by atoms with E-state index in [1.165, 1.54) is 12.1 Å². The van der Waals surface area contributed by atoms with E-state index >= 15 is 0 Å². The largest absolute Gasteiger partial charge is 0.506 e. The maximum atomic E-state index is 11.0. The van der Waals surface area contributed by atoms with E-state index in [1.807, 2.05) is 0 Å². The summed E-state index contributed by atoms with van der Waals surface area (Å²) in [6.07, 6.45) is 1.70. The SMILES string of the molecule is C=C[C@@H](c1cc([N+](=O)[O-])cc(Br)c1O)N1CCNCC1. The van der Waals surface area contributed by atoms with Crippen LogP contribution in [0.5, 0.6) is 5.75 Å². The molecule has 2 rings (SSSR count). The lowest BCUT2D eigenvalue weighted by molar-refractivity contribution is -0.385. The lowest BCUT2D eigenvalue weighted by Gasteiger charge is -2.33. The minimum Gasteiger partial charge on any atom is -0.506 e. The van der Waals surface area contributed by atoms with Gasteiger partial charge in [0.1, 0.15) is 5.75 Å². The first-order valence-corrected chi connectivity index (χ1v) is 7.08. The van der Waals surface area contributed by atoms with E-state index in [0.29, 0.717) is 10.0 Å². The van der Waals surface area contributed by atoms with E-state index in [0.717, 1.165) is 26.2 Å². The van der Waals surface area contributed by atoms with Gasteiger partial charge in [0.15, 0.2) is 0 Å². The monoisotopic (exact) mass is 341 g/mol. The molecule has 7 heteroatoms. The first kappa shape index (κ1) is 15.0. The van der Waals surface area contributed by atoms with Crippen molar-refractivity contribution >= 4 is 21.6 Å². The maximum Gasteiger partial charge on any atom is 0.271 e. The Hall–Kier alpha value is -1.44. The second-order valence-corrected chi connectivity index (χ2v) is 5.44. The Morgan fingerprint density at radius 2 is 2.15 bits per heavy atom. The molecule has 0 amide bonds. The lowest BCUT2D eigenvalue weighted by Crippen LogP contribution is -2.44. The average Bonchev–Trinajstić information content (AvgIpc) is 2.45. The van der Waals surface area contributed by atoms with Crippen LogP contribution in [0, 0.1) is 10.1 Å². The number of phenolic OH excluding ortho intramolecular Hbond substituents is 1. The summed E-state index contributed by atoms with van der Waals surface area (Å²) < 4.78 is 0.323. The van der Waals surface area contributed by atoms with Gasteiger partial charge < -0.3 is 10.4 Å². The molecule has 20 heavy (non-hydrogen) atoms. The molecule has 0 bridgehead atoms. The predicted octanol–water partition coefficient (Wildman–Crippen LogP) is 2.20. The number of hydrogen-bond acceptors (Lipinski definition) is 5. The fourth-order valence-electron chi connectivity index (χ4n) is 2.37. The third-order valence-corrected chi connectivity index (χ3v) is 3.98. The number of piperazine rings is 1. The zero-order valence-corrected chi connectivity index (χ0v) is 12.5. The summed E-state index contributed by atoms with van der Waals surface area (Å²) in [6, 6.07) is 2.47. The van der Waals surface area contributed by atoms with Gasteiger partial charge >= 0.3 is 0 Å².